The smallest absolute Gasteiger partial charge is 0.337 e. The molecule has 0 bridgehead atoms. The van der Waals surface area contributed by atoms with Crippen LogP contribution in [0.1, 0.15) is 31.8 Å². The fourth-order valence-corrected chi connectivity index (χ4v) is 3.57. The molecule has 2 rings (SSSR count). The minimum atomic E-state index is -4.91. The van der Waals surface area contributed by atoms with Crippen molar-refractivity contribution in [2.24, 2.45) is 0 Å². The monoisotopic (exact) mass is 324 g/mol. The zero-order valence-electron chi connectivity index (χ0n) is 11.6. The van der Waals surface area contributed by atoms with Crippen LogP contribution < -0.4 is 0 Å². The molecule has 0 amide bonds. The summed E-state index contributed by atoms with van der Waals surface area (Å²) >= 11 is 0. The van der Waals surface area contributed by atoms with Gasteiger partial charge >= 0.3 is 11.9 Å². The van der Waals surface area contributed by atoms with Crippen molar-refractivity contribution in [1.82, 2.24) is 0 Å². The lowest BCUT2D eigenvalue weighted by Crippen LogP contribution is -2.15. The highest BCUT2D eigenvalue weighted by atomic mass is 32.2. The molecule has 0 aromatic heterocycles. The van der Waals surface area contributed by atoms with Crippen LogP contribution in [0.15, 0.2) is 23.1 Å². The normalized spacial score (nSPS) is 11.6. The van der Waals surface area contributed by atoms with Gasteiger partial charge in [-0.05, 0) is 30.4 Å². The number of rotatable bonds is 3. The van der Waals surface area contributed by atoms with Gasteiger partial charge in [0.2, 0.25) is 0 Å². The van der Waals surface area contributed by atoms with Gasteiger partial charge in [0.05, 0.1) is 11.1 Å². The maximum Gasteiger partial charge on any atom is 0.337 e. The number of carboxylic acid groups (broad SMARTS) is 2. The molecule has 2 aromatic carbocycles. The van der Waals surface area contributed by atoms with Crippen LogP contribution in [0.25, 0.3) is 10.8 Å². The van der Waals surface area contributed by atoms with E-state index in [0.29, 0.717) is 5.56 Å². The number of carboxylic acids is 2. The first-order valence-electron chi connectivity index (χ1n) is 6.07. The lowest BCUT2D eigenvalue weighted by Gasteiger charge is -2.16. The van der Waals surface area contributed by atoms with Crippen molar-refractivity contribution >= 4 is 32.8 Å². The third-order valence-corrected chi connectivity index (χ3v) is 4.45. The fraction of sp³-hybridized carbons (Fsp3) is 0.143. The number of fused-ring (bicyclic) bond motifs is 1. The average molecular weight is 324 g/mol. The van der Waals surface area contributed by atoms with Crippen molar-refractivity contribution in [2.75, 3.05) is 0 Å². The van der Waals surface area contributed by atoms with Crippen molar-refractivity contribution in [3.63, 3.8) is 0 Å². The van der Waals surface area contributed by atoms with E-state index in [-0.39, 0.29) is 21.9 Å². The maximum atomic E-state index is 11.6. The van der Waals surface area contributed by atoms with Crippen molar-refractivity contribution in [1.29, 1.82) is 0 Å². The molecule has 0 aliphatic heterocycles. The topological polar surface area (TPSA) is 129 Å². The number of carbonyl (C=O) groups is 2. The highest BCUT2D eigenvalue weighted by Crippen LogP contribution is 2.35. The summed E-state index contributed by atoms with van der Waals surface area (Å²) in [6, 6.07) is 4.39. The van der Waals surface area contributed by atoms with Gasteiger partial charge in [-0.1, -0.05) is 18.2 Å². The summed E-state index contributed by atoms with van der Waals surface area (Å²) < 4.78 is 32.5. The van der Waals surface area contributed by atoms with Crippen LogP contribution in [0.4, 0.5) is 0 Å². The Labute approximate surface area is 125 Å². The molecule has 0 aliphatic carbocycles. The van der Waals surface area contributed by atoms with Crippen LogP contribution in [0.5, 0.6) is 0 Å². The van der Waals surface area contributed by atoms with Crippen LogP contribution in [0.3, 0.4) is 0 Å². The van der Waals surface area contributed by atoms with E-state index in [0.717, 1.165) is 6.92 Å². The Hall–Kier alpha value is -2.45. The molecular weight excluding hydrogens is 312 g/mol. The quantitative estimate of drug-likeness (QED) is 0.737. The summed E-state index contributed by atoms with van der Waals surface area (Å²) in [7, 11) is -4.91. The summed E-state index contributed by atoms with van der Waals surface area (Å²) in [6.45, 7) is 2.75. The SMILES string of the molecule is Cc1c(S(=O)(=O)O)c(C(=O)O)c2cccc(C)c2c1C(=O)O. The van der Waals surface area contributed by atoms with Gasteiger partial charge in [-0.2, -0.15) is 8.42 Å². The molecular formula is C14H12O7S. The van der Waals surface area contributed by atoms with E-state index in [1.54, 1.807) is 13.0 Å². The van der Waals surface area contributed by atoms with Crippen LogP contribution >= 0.6 is 0 Å². The molecule has 0 spiro atoms. The molecule has 22 heavy (non-hydrogen) atoms. The minimum Gasteiger partial charge on any atom is -0.478 e. The molecule has 3 N–H and O–H groups in total. The Bertz CT molecular complexity index is 926. The molecule has 116 valence electrons. The first-order valence-corrected chi connectivity index (χ1v) is 7.51. The molecule has 7 nitrogen and oxygen atoms in total. The average Bonchev–Trinajstić information content (AvgIpc) is 2.36. The second-order valence-corrected chi connectivity index (χ2v) is 6.15. The van der Waals surface area contributed by atoms with Gasteiger partial charge in [0.25, 0.3) is 10.1 Å². The Morgan fingerprint density at radius 3 is 2.00 bits per heavy atom. The molecule has 0 saturated heterocycles. The Kier molecular flexibility index (Phi) is 3.68. The first kappa shape index (κ1) is 15.9. The van der Waals surface area contributed by atoms with Gasteiger partial charge in [-0.3, -0.25) is 4.55 Å². The molecule has 0 aliphatic rings. The number of aromatic carboxylic acids is 2. The lowest BCUT2D eigenvalue weighted by molar-refractivity contribution is 0.0680. The number of aryl methyl sites for hydroxylation is 1. The van der Waals surface area contributed by atoms with Gasteiger partial charge in [-0.15, -0.1) is 0 Å². The van der Waals surface area contributed by atoms with Crippen molar-refractivity contribution in [3.8, 4) is 0 Å². The molecule has 8 heteroatoms. The van der Waals surface area contributed by atoms with E-state index >= 15 is 0 Å². The summed E-state index contributed by atoms with van der Waals surface area (Å²) in [5.41, 5.74) is -0.800. The highest BCUT2D eigenvalue weighted by molar-refractivity contribution is 7.86. The second-order valence-electron chi connectivity index (χ2n) is 4.79. The Morgan fingerprint density at radius 1 is 1.00 bits per heavy atom. The fourth-order valence-electron chi connectivity index (χ4n) is 2.62. The third-order valence-electron chi connectivity index (χ3n) is 3.42. The molecule has 0 unspecified atom stereocenters. The van der Waals surface area contributed by atoms with Crippen molar-refractivity contribution in [2.45, 2.75) is 18.7 Å². The molecule has 2 aromatic rings. The van der Waals surface area contributed by atoms with Crippen molar-refractivity contribution < 1.29 is 32.8 Å². The molecule has 0 atom stereocenters. The molecule has 0 fully saturated rings. The summed E-state index contributed by atoms with van der Waals surface area (Å²) in [6.07, 6.45) is 0. The largest absolute Gasteiger partial charge is 0.478 e. The van der Waals surface area contributed by atoms with Crippen LogP contribution in [0, 0.1) is 13.8 Å². The summed E-state index contributed by atoms with van der Waals surface area (Å²) in [5, 5.41) is 18.8. The minimum absolute atomic E-state index is 0.0527. The zero-order valence-corrected chi connectivity index (χ0v) is 12.4. The van der Waals surface area contributed by atoms with E-state index in [2.05, 4.69) is 0 Å². The van der Waals surface area contributed by atoms with E-state index in [1.807, 2.05) is 0 Å². The molecule has 0 radical (unpaired) electrons. The molecule has 0 saturated carbocycles. The van der Waals surface area contributed by atoms with E-state index in [4.69, 9.17) is 0 Å². The number of hydrogen-bond donors (Lipinski definition) is 3. The second kappa shape index (κ2) is 5.08. The van der Waals surface area contributed by atoms with Gasteiger partial charge in [-0.25, -0.2) is 9.59 Å². The predicted molar refractivity (Wildman–Crippen MR) is 77.2 cm³/mol. The van der Waals surface area contributed by atoms with E-state index in [1.165, 1.54) is 12.1 Å². The third kappa shape index (κ3) is 2.32. The van der Waals surface area contributed by atoms with Gasteiger partial charge in [0.15, 0.2) is 0 Å². The van der Waals surface area contributed by atoms with Crippen LogP contribution in [-0.4, -0.2) is 35.1 Å². The van der Waals surface area contributed by atoms with Crippen molar-refractivity contribution in [3.05, 3.63) is 40.5 Å². The maximum absolute atomic E-state index is 11.6. The van der Waals surface area contributed by atoms with Gasteiger partial charge < -0.3 is 10.2 Å². The number of benzene rings is 2. The number of hydrogen-bond acceptors (Lipinski definition) is 4. The standard InChI is InChI=1S/C14H12O7S/c1-6-4-3-5-8-9(6)10(13(15)16)7(2)12(22(19,20)21)11(8)14(17)18/h3-5H,1-2H3,(H,15,16)(H,17,18)(H,19,20,21). The first-order chi connectivity index (χ1) is 10.1. The highest BCUT2D eigenvalue weighted by Gasteiger charge is 2.30. The Morgan fingerprint density at radius 2 is 1.55 bits per heavy atom. The zero-order chi connectivity index (χ0) is 16.8. The van der Waals surface area contributed by atoms with E-state index < -0.39 is 32.5 Å². The van der Waals surface area contributed by atoms with E-state index in [9.17, 15) is 32.8 Å². The van der Waals surface area contributed by atoms with Crippen LogP contribution in [0.2, 0.25) is 0 Å². The summed E-state index contributed by atoms with van der Waals surface area (Å²) in [4.78, 5) is 22.1. The van der Waals surface area contributed by atoms with Gasteiger partial charge in [0.1, 0.15) is 4.90 Å². The van der Waals surface area contributed by atoms with Gasteiger partial charge in [0, 0.05) is 5.39 Å². The van der Waals surface area contributed by atoms with Crippen LogP contribution in [-0.2, 0) is 10.1 Å². The predicted octanol–water partition coefficient (Wildman–Crippen LogP) is 2.10. The molecule has 0 heterocycles. The lowest BCUT2D eigenvalue weighted by atomic mass is 9.92. The Balaban J connectivity index is 3.30. The summed E-state index contributed by atoms with van der Waals surface area (Å²) in [5.74, 6) is -2.97.